The zero-order valence-electron chi connectivity index (χ0n) is 17.2. The number of carbonyl (C=O) groups excluding carboxylic acids is 1. The van der Waals surface area contributed by atoms with Gasteiger partial charge in [0.25, 0.3) is 5.56 Å². The van der Waals surface area contributed by atoms with E-state index in [1.54, 1.807) is 23.8 Å². The van der Waals surface area contributed by atoms with Gasteiger partial charge in [0.2, 0.25) is 5.91 Å². The molecule has 3 rings (SSSR count). The van der Waals surface area contributed by atoms with Gasteiger partial charge in [-0.2, -0.15) is 0 Å². The Morgan fingerprint density at radius 2 is 2.10 bits per heavy atom. The molecule has 158 valence electrons. The summed E-state index contributed by atoms with van der Waals surface area (Å²) >= 11 is 4.65. The highest BCUT2D eigenvalue weighted by Gasteiger charge is 2.15. The number of fused-ring (bicyclic) bond motifs is 1. The first-order valence-corrected chi connectivity index (χ1v) is 11.4. The van der Waals surface area contributed by atoms with Crippen LogP contribution in [0.5, 0.6) is 0 Å². The monoisotopic (exact) mass is 489 g/mol. The third-order valence-electron chi connectivity index (χ3n) is 4.74. The summed E-state index contributed by atoms with van der Waals surface area (Å²) in [7, 11) is 1.59. The molecule has 6 nitrogen and oxygen atoms in total. The summed E-state index contributed by atoms with van der Waals surface area (Å²) < 4.78 is 7.54. The van der Waals surface area contributed by atoms with Crippen molar-refractivity contribution in [2.24, 2.45) is 0 Å². The van der Waals surface area contributed by atoms with E-state index in [0.29, 0.717) is 29.2 Å². The molecule has 30 heavy (non-hydrogen) atoms. The topological polar surface area (TPSA) is 73.2 Å². The van der Waals surface area contributed by atoms with E-state index in [9.17, 15) is 9.59 Å². The van der Waals surface area contributed by atoms with Crippen LogP contribution in [0.25, 0.3) is 10.9 Å². The molecule has 0 atom stereocenters. The van der Waals surface area contributed by atoms with Crippen molar-refractivity contribution in [1.29, 1.82) is 0 Å². The normalized spacial score (nSPS) is 11.1. The van der Waals surface area contributed by atoms with E-state index in [2.05, 4.69) is 33.2 Å². The minimum atomic E-state index is -0.145. The predicted molar refractivity (Wildman–Crippen MR) is 125 cm³/mol. The SMILES string of the molecule is CCc1cccc(C)c1NC(=O)CSc1nc2ccc(Br)cc2c(=O)n1CCOC. The van der Waals surface area contributed by atoms with Gasteiger partial charge in [0.05, 0.1) is 29.8 Å². The minimum Gasteiger partial charge on any atom is -0.383 e. The molecule has 0 aliphatic carbocycles. The smallest absolute Gasteiger partial charge is 0.262 e. The average molecular weight is 490 g/mol. The molecule has 1 amide bonds. The fourth-order valence-electron chi connectivity index (χ4n) is 3.17. The molecule has 1 heterocycles. The molecule has 1 aromatic heterocycles. The number of carbonyl (C=O) groups is 1. The van der Waals surface area contributed by atoms with Crippen molar-refractivity contribution in [3.8, 4) is 0 Å². The molecular formula is C22H24BrN3O3S. The lowest BCUT2D eigenvalue weighted by Gasteiger charge is -2.14. The van der Waals surface area contributed by atoms with E-state index in [1.807, 2.05) is 31.2 Å². The van der Waals surface area contributed by atoms with Crippen molar-refractivity contribution < 1.29 is 9.53 Å². The van der Waals surface area contributed by atoms with Gasteiger partial charge in [-0.05, 0) is 42.7 Å². The summed E-state index contributed by atoms with van der Waals surface area (Å²) in [5, 5.41) is 4.05. The minimum absolute atomic E-state index is 0.132. The molecule has 3 aromatic rings. The van der Waals surface area contributed by atoms with Crippen LogP contribution in [0.15, 0.2) is 50.8 Å². The van der Waals surface area contributed by atoms with Crippen molar-refractivity contribution in [3.05, 3.63) is 62.4 Å². The molecule has 1 N–H and O–H groups in total. The van der Waals surface area contributed by atoms with Crippen molar-refractivity contribution >= 4 is 50.2 Å². The highest BCUT2D eigenvalue weighted by Crippen LogP contribution is 2.23. The number of benzene rings is 2. The zero-order valence-corrected chi connectivity index (χ0v) is 19.6. The van der Waals surface area contributed by atoms with Crippen LogP contribution in [0.4, 0.5) is 5.69 Å². The fraction of sp³-hybridized carbons (Fsp3) is 0.318. The Hall–Kier alpha value is -2.16. The fourth-order valence-corrected chi connectivity index (χ4v) is 4.36. The number of nitrogens with zero attached hydrogens (tertiary/aromatic N) is 2. The predicted octanol–water partition coefficient (Wildman–Crippen LogP) is 4.41. The van der Waals surface area contributed by atoms with E-state index in [-0.39, 0.29) is 17.2 Å². The number of rotatable bonds is 8. The van der Waals surface area contributed by atoms with E-state index in [1.165, 1.54) is 11.8 Å². The van der Waals surface area contributed by atoms with Crippen molar-refractivity contribution in [1.82, 2.24) is 9.55 Å². The number of aryl methyl sites for hydroxylation is 2. The van der Waals surface area contributed by atoms with Crippen LogP contribution in [0.3, 0.4) is 0 Å². The second-order valence-electron chi connectivity index (χ2n) is 6.80. The van der Waals surface area contributed by atoms with Crippen molar-refractivity contribution in [3.63, 3.8) is 0 Å². The zero-order chi connectivity index (χ0) is 21.7. The Balaban J connectivity index is 1.85. The van der Waals surface area contributed by atoms with E-state index in [4.69, 9.17) is 4.74 Å². The van der Waals surface area contributed by atoms with Gasteiger partial charge in [-0.3, -0.25) is 14.2 Å². The van der Waals surface area contributed by atoms with Crippen LogP contribution in [-0.2, 0) is 22.5 Å². The molecule has 0 saturated heterocycles. The lowest BCUT2D eigenvalue weighted by atomic mass is 10.1. The Kier molecular flexibility index (Phi) is 7.69. The van der Waals surface area contributed by atoms with Gasteiger partial charge in [-0.15, -0.1) is 0 Å². The van der Waals surface area contributed by atoms with Crippen LogP contribution in [0.2, 0.25) is 0 Å². The van der Waals surface area contributed by atoms with E-state index < -0.39 is 0 Å². The molecule has 8 heteroatoms. The molecular weight excluding hydrogens is 466 g/mol. The lowest BCUT2D eigenvalue weighted by molar-refractivity contribution is -0.113. The number of thioether (sulfide) groups is 1. The highest BCUT2D eigenvalue weighted by molar-refractivity contribution is 9.10. The van der Waals surface area contributed by atoms with Gasteiger partial charge in [-0.1, -0.05) is 52.8 Å². The standard InChI is InChI=1S/C22H24BrN3O3S/c1-4-15-7-5-6-14(2)20(15)25-19(27)13-30-22-24-18-9-8-16(23)12-17(18)21(28)26(22)10-11-29-3/h5-9,12H,4,10-11,13H2,1-3H3,(H,25,27). The first-order chi connectivity index (χ1) is 14.4. The molecule has 0 aliphatic heterocycles. The molecule has 0 spiro atoms. The number of hydrogen-bond acceptors (Lipinski definition) is 5. The third-order valence-corrected chi connectivity index (χ3v) is 6.21. The number of nitrogens with one attached hydrogen (secondary N) is 1. The second-order valence-corrected chi connectivity index (χ2v) is 8.66. The molecule has 0 bridgehead atoms. The number of anilines is 1. The van der Waals surface area contributed by atoms with Crippen molar-refractivity contribution in [2.45, 2.75) is 32.0 Å². The maximum atomic E-state index is 13.0. The molecule has 0 unspecified atom stereocenters. The summed E-state index contributed by atoms with van der Waals surface area (Å²) in [4.78, 5) is 30.3. The summed E-state index contributed by atoms with van der Waals surface area (Å²) in [5.74, 6) is 0.0197. The molecule has 0 aliphatic rings. The molecule has 0 radical (unpaired) electrons. The van der Waals surface area contributed by atoms with Gasteiger partial charge in [-0.25, -0.2) is 4.98 Å². The summed E-state index contributed by atoms with van der Waals surface area (Å²) in [6, 6.07) is 11.4. The average Bonchev–Trinajstić information content (AvgIpc) is 2.73. The number of para-hydroxylation sites is 1. The van der Waals surface area contributed by atoms with Crippen LogP contribution >= 0.6 is 27.7 Å². The van der Waals surface area contributed by atoms with Gasteiger partial charge in [0, 0.05) is 17.3 Å². The maximum absolute atomic E-state index is 13.0. The Bertz CT molecular complexity index is 1130. The van der Waals surface area contributed by atoms with E-state index >= 15 is 0 Å². The van der Waals surface area contributed by atoms with Gasteiger partial charge in [0.15, 0.2) is 5.16 Å². The Labute approximate surface area is 188 Å². The third kappa shape index (κ3) is 5.11. The summed E-state index contributed by atoms with van der Waals surface area (Å²) in [5.41, 5.74) is 3.44. The number of amides is 1. The number of halogens is 1. The van der Waals surface area contributed by atoms with Crippen LogP contribution in [0.1, 0.15) is 18.1 Å². The highest BCUT2D eigenvalue weighted by atomic mass is 79.9. The van der Waals surface area contributed by atoms with Crippen LogP contribution in [-0.4, -0.2) is 34.9 Å². The number of methoxy groups -OCH3 is 1. The van der Waals surface area contributed by atoms with Crippen LogP contribution in [0, 0.1) is 6.92 Å². The van der Waals surface area contributed by atoms with Crippen molar-refractivity contribution in [2.75, 3.05) is 24.8 Å². The second kappa shape index (κ2) is 10.2. The lowest BCUT2D eigenvalue weighted by Crippen LogP contribution is -2.26. The quantitative estimate of drug-likeness (QED) is 0.374. The summed E-state index contributed by atoms with van der Waals surface area (Å²) in [6.07, 6.45) is 0.836. The maximum Gasteiger partial charge on any atom is 0.262 e. The largest absolute Gasteiger partial charge is 0.383 e. The Morgan fingerprint density at radius 1 is 1.30 bits per heavy atom. The molecule has 0 fully saturated rings. The Morgan fingerprint density at radius 3 is 2.83 bits per heavy atom. The van der Waals surface area contributed by atoms with E-state index in [0.717, 1.165) is 27.7 Å². The summed E-state index contributed by atoms with van der Waals surface area (Å²) in [6.45, 7) is 4.79. The van der Waals surface area contributed by atoms with Gasteiger partial charge in [0.1, 0.15) is 0 Å². The first kappa shape index (κ1) is 22.5. The number of hydrogen-bond donors (Lipinski definition) is 1. The van der Waals surface area contributed by atoms with Crippen LogP contribution < -0.4 is 10.9 Å². The molecule has 0 saturated carbocycles. The number of aromatic nitrogens is 2. The number of ether oxygens (including phenoxy) is 1. The molecule has 2 aromatic carbocycles. The first-order valence-electron chi connectivity index (χ1n) is 9.64. The van der Waals surface area contributed by atoms with Gasteiger partial charge >= 0.3 is 0 Å². The van der Waals surface area contributed by atoms with Gasteiger partial charge < -0.3 is 10.1 Å².